The molecule has 0 radical (unpaired) electrons. The SMILES string of the molecule is CCNC(=NCCOC)NCCc1coc(-c2ccc(C)cc2)n1. The lowest BCUT2D eigenvalue weighted by Crippen LogP contribution is -2.38. The molecule has 0 fully saturated rings. The molecule has 0 saturated heterocycles. The zero-order valence-electron chi connectivity index (χ0n) is 14.6. The van der Waals surface area contributed by atoms with Gasteiger partial charge in [-0.15, -0.1) is 0 Å². The van der Waals surface area contributed by atoms with Crippen molar-refractivity contribution in [1.29, 1.82) is 0 Å². The Morgan fingerprint density at radius 1 is 1.25 bits per heavy atom. The van der Waals surface area contributed by atoms with E-state index in [1.807, 2.05) is 19.1 Å². The molecule has 6 heteroatoms. The number of aliphatic imine (C=N–C) groups is 1. The molecule has 0 spiro atoms. The second-order valence-corrected chi connectivity index (χ2v) is 5.44. The Bertz CT molecular complexity index is 635. The Kier molecular flexibility index (Phi) is 7.29. The highest BCUT2D eigenvalue weighted by Gasteiger charge is 2.06. The van der Waals surface area contributed by atoms with Crippen LogP contribution in [0.3, 0.4) is 0 Å². The van der Waals surface area contributed by atoms with E-state index < -0.39 is 0 Å². The van der Waals surface area contributed by atoms with E-state index in [1.54, 1.807) is 13.4 Å². The van der Waals surface area contributed by atoms with Crippen LogP contribution in [-0.4, -0.2) is 44.3 Å². The van der Waals surface area contributed by atoms with Crippen molar-refractivity contribution in [2.75, 3.05) is 33.4 Å². The van der Waals surface area contributed by atoms with Gasteiger partial charge in [-0.05, 0) is 26.0 Å². The highest BCUT2D eigenvalue weighted by molar-refractivity contribution is 5.79. The van der Waals surface area contributed by atoms with E-state index in [-0.39, 0.29) is 0 Å². The van der Waals surface area contributed by atoms with Crippen molar-refractivity contribution < 1.29 is 9.15 Å². The predicted molar refractivity (Wildman–Crippen MR) is 96.2 cm³/mol. The molecule has 2 N–H and O–H groups in total. The second kappa shape index (κ2) is 9.72. The van der Waals surface area contributed by atoms with Gasteiger partial charge in [0, 0.05) is 32.2 Å². The molecule has 6 nitrogen and oxygen atoms in total. The van der Waals surface area contributed by atoms with E-state index in [4.69, 9.17) is 9.15 Å². The summed E-state index contributed by atoms with van der Waals surface area (Å²) in [6, 6.07) is 8.16. The minimum atomic E-state index is 0.611. The van der Waals surface area contributed by atoms with Crippen LogP contribution in [-0.2, 0) is 11.2 Å². The highest BCUT2D eigenvalue weighted by Crippen LogP contribution is 2.19. The lowest BCUT2D eigenvalue weighted by atomic mass is 10.1. The molecule has 0 saturated carbocycles. The Morgan fingerprint density at radius 3 is 2.75 bits per heavy atom. The summed E-state index contributed by atoms with van der Waals surface area (Å²) >= 11 is 0. The molecule has 2 rings (SSSR count). The number of methoxy groups -OCH3 is 1. The van der Waals surface area contributed by atoms with Crippen LogP contribution in [0.1, 0.15) is 18.2 Å². The summed E-state index contributed by atoms with van der Waals surface area (Å²) in [6.45, 7) is 6.90. The summed E-state index contributed by atoms with van der Waals surface area (Å²) in [4.78, 5) is 8.96. The number of ether oxygens (including phenoxy) is 1. The van der Waals surface area contributed by atoms with E-state index in [0.717, 1.165) is 36.7 Å². The number of oxazole rings is 1. The van der Waals surface area contributed by atoms with Gasteiger partial charge in [0.25, 0.3) is 0 Å². The summed E-state index contributed by atoms with van der Waals surface area (Å²) in [5.74, 6) is 1.45. The first-order valence-electron chi connectivity index (χ1n) is 8.25. The molecule has 0 amide bonds. The van der Waals surface area contributed by atoms with Crippen LogP contribution in [0.25, 0.3) is 11.5 Å². The maximum absolute atomic E-state index is 5.57. The maximum atomic E-state index is 5.57. The van der Waals surface area contributed by atoms with E-state index in [9.17, 15) is 0 Å². The van der Waals surface area contributed by atoms with E-state index in [1.165, 1.54) is 5.56 Å². The fraction of sp³-hybridized carbons (Fsp3) is 0.444. The molecule has 1 heterocycles. The van der Waals surface area contributed by atoms with Crippen molar-refractivity contribution in [3.05, 3.63) is 41.8 Å². The van der Waals surface area contributed by atoms with Gasteiger partial charge >= 0.3 is 0 Å². The normalized spacial score (nSPS) is 11.5. The van der Waals surface area contributed by atoms with Gasteiger partial charge in [0.15, 0.2) is 5.96 Å². The molecule has 2 aromatic rings. The van der Waals surface area contributed by atoms with Crippen molar-refractivity contribution in [2.45, 2.75) is 20.3 Å². The van der Waals surface area contributed by atoms with Crippen LogP contribution in [0, 0.1) is 6.92 Å². The topological polar surface area (TPSA) is 71.7 Å². The maximum Gasteiger partial charge on any atom is 0.226 e. The molecular weight excluding hydrogens is 304 g/mol. The minimum Gasteiger partial charge on any atom is -0.444 e. The largest absolute Gasteiger partial charge is 0.444 e. The number of aromatic nitrogens is 1. The van der Waals surface area contributed by atoms with Crippen LogP contribution in [0.4, 0.5) is 0 Å². The number of hydrogen-bond acceptors (Lipinski definition) is 4. The molecular formula is C18H26N4O2. The summed E-state index contributed by atoms with van der Waals surface area (Å²) < 4.78 is 10.6. The zero-order chi connectivity index (χ0) is 17.2. The summed E-state index contributed by atoms with van der Waals surface area (Å²) in [5, 5.41) is 6.49. The summed E-state index contributed by atoms with van der Waals surface area (Å²) in [5.41, 5.74) is 3.14. The lowest BCUT2D eigenvalue weighted by Gasteiger charge is -2.10. The molecule has 0 unspecified atom stereocenters. The molecule has 0 aliphatic carbocycles. The van der Waals surface area contributed by atoms with Crippen LogP contribution in [0.2, 0.25) is 0 Å². The fourth-order valence-corrected chi connectivity index (χ4v) is 2.15. The molecule has 0 aliphatic rings. The van der Waals surface area contributed by atoms with Gasteiger partial charge in [0.1, 0.15) is 6.26 Å². The average Bonchev–Trinajstić information content (AvgIpc) is 3.04. The second-order valence-electron chi connectivity index (χ2n) is 5.44. The van der Waals surface area contributed by atoms with Crippen molar-refractivity contribution in [3.8, 4) is 11.5 Å². The number of aryl methyl sites for hydroxylation is 1. The number of guanidine groups is 1. The highest BCUT2D eigenvalue weighted by atomic mass is 16.5. The quantitative estimate of drug-likeness (QED) is 0.442. The molecule has 0 aliphatic heterocycles. The first-order chi connectivity index (χ1) is 11.7. The number of nitrogens with one attached hydrogen (secondary N) is 2. The Morgan fingerprint density at radius 2 is 2.04 bits per heavy atom. The van der Waals surface area contributed by atoms with Gasteiger partial charge in [-0.2, -0.15) is 0 Å². The van der Waals surface area contributed by atoms with Crippen LogP contribution in [0.5, 0.6) is 0 Å². The predicted octanol–water partition coefficient (Wildman–Crippen LogP) is 2.39. The molecule has 1 aromatic heterocycles. The van der Waals surface area contributed by atoms with Crippen LogP contribution < -0.4 is 10.6 Å². The first-order valence-corrected chi connectivity index (χ1v) is 8.25. The Hall–Kier alpha value is -2.34. The van der Waals surface area contributed by atoms with Gasteiger partial charge < -0.3 is 19.8 Å². The van der Waals surface area contributed by atoms with Crippen molar-refractivity contribution in [3.63, 3.8) is 0 Å². The third kappa shape index (κ3) is 5.70. The van der Waals surface area contributed by atoms with Gasteiger partial charge in [-0.25, -0.2) is 4.98 Å². The number of benzene rings is 1. The molecule has 24 heavy (non-hydrogen) atoms. The first kappa shape index (κ1) is 18.0. The number of rotatable bonds is 8. The summed E-state index contributed by atoms with van der Waals surface area (Å²) in [7, 11) is 1.67. The summed E-state index contributed by atoms with van der Waals surface area (Å²) in [6.07, 6.45) is 2.48. The zero-order valence-corrected chi connectivity index (χ0v) is 14.6. The van der Waals surface area contributed by atoms with Crippen molar-refractivity contribution in [2.24, 2.45) is 4.99 Å². The molecule has 1 aromatic carbocycles. The molecule has 130 valence electrons. The minimum absolute atomic E-state index is 0.611. The lowest BCUT2D eigenvalue weighted by molar-refractivity contribution is 0.208. The van der Waals surface area contributed by atoms with E-state index >= 15 is 0 Å². The third-order valence-electron chi connectivity index (χ3n) is 3.43. The smallest absolute Gasteiger partial charge is 0.226 e. The monoisotopic (exact) mass is 330 g/mol. The molecule has 0 bridgehead atoms. The van der Waals surface area contributed by atoms with Gasteiger partial charge in [-0.1, -0.05) is 17.7 Å². The Balaban J connectivity index is 1.85. The van der Waals surface area contributed by atoms with E-state index in [0.29, 0.717) is 19.0 Å². The van der Waals surface area contributed by atoms with E-state index in [2.05, 4.69) is 39.7 Å². The van der Waals surface area contributed by atoms with Gasteiger partial charge in [-0.3, -0.25) is 4.99 Å². The van der Waals surface area contributed by atoms with Crippen molar-refractivity contribution in [1.82, 2.24) is 15.6 Å². The Labute approximate surface area is 143 Å². The van der Waals surface area contributed by atoms with Crippen LogP contribution >= 0.6 is 0 Å². The number of hydrogen-bond donors (Lipinski definition) is 2. The van der Waals surface area contributed by atoms with Crippen molar-refractivity contribution >= 4 is 5.96 Å². The molecule has 0 atom stereocenters. The third-order valence-corrected chi connectivity index (χ3v) is 3.43. The fourth-order valence-electron chi connectivity index (χ4n) is 2.15. The number of nitrogens with zero attached hydrogens (tertiary/aromatic N) is 2. The van der Waals surface area contributed by atoms with Gasteiger partial charge in [0.2, 0.25) is 5.89 Å². The van der Waals surface area contributed by atoms with Crippen LogP contribution in [0.15, 0.2) is 39.9 Å². The van der Waals surface area contributed by atoms with Gasteiger partial charge in [0.05, 0.1) is 18.8 Å². The average molecular weight is 330 g/mol. The standard InChI is InChI=1S/C18H26N4O2/c1-4-19-18(21-11-12-23-3)20-10-9-16-13-24-17(22-16)15-7-5-14(2)6-8-15/h5-8,13H,4,9-12H2,1-3H3,(H2,19,20,21).